The number of anilines is 1. The number of aromatic nitrogens is 2. The van der Waals surface area contributed by atoms with E-state index in [4.69, 9.17) is 9.84 Å². The molecule has 6 nitrogen and oxygen atoms in total. The summed E-state index contributed by atoms with van der Waals surface area (Å²) in [7, 11) is 0. The average Bonchev–Trinajstić information content (AvgIpc) is 3.49. The number of benzene rings is 3. The Kier molecular flexibility index (Phi) is 8.39. The van der Waals surface area contributed by atoms with Crippen LogP contribution in [0.3, 0.4) is 0 Å². The molecule has 0 saturated carbocycles. The quantitative estimate of drug-likeness (QED) is 0.226. The summed E-state index contributed by atoms with van der Waals surface area (Å²) in [5.41, 5.74) is 3.52. The van der Waals surface area contributed by atoms with Gasteiger partial charge in [0.25, 0.3) is 5.56 Å². The molecule has 0 atom stereocenters. The number of likely N-dealkylation sites (tertiary alicyclic amines) is 1. The van der Waals surface area contributed by atoms with E-state index in [0.29, 0.717) is 5.39 Å². The van der Waals surface area contributed by atoms with Crippen LogP contribution in [0.15, 0.2) is 77.6 Å². The lowest BCUT2D eigenvalue weighted by atomic mass is 10.0. The lowest BCUT2D eigenvalue weighted by molar-refractivity contribution is 0.280. The summed E-state index contributed by atoms with van der Waals surface area (Å²) in [5.74, 6) is 0.861. The highest BCUT2D eigenvalue weighted by molar-refractivity contribution is 5.94. The number of fused-ring (bicyclic) bond motifs is 1. The number of hydrogen-bond donors (Lipinski definition) is 0. The van der Waals surface area contributed by atoms with E-state index in [1.807, 2.05) is 60.7 Å². The number of rotatable bonds is 11. The van der Waals surface area contributed by atoms with Crippen LogP contribution in [-0.2, 0) is 0 Å². The van der Waals surface area contributed by atoms with Gasteiger partial charge in [0.05, 0.1) is 23.4 Å². The lowest BCUT2D eigenvalue weighted by Crippen LogP contribution is -2.23. The predicted octanol–water partition coefficient (Wildman–Crippen LogP) is 6.15. The topological polar surface area (TPSA) is 50.6 Å². The van der Waals surface area contributed by atoms with Crippen LogP contribution < -0.4 is 15.2 Å². The van der Waals surface area contributed by atoms with Gasteiger partial charge in [-0.15, -0.1) is 0 Å². The van der Waals surface area contributed by atoms with Crippen molar-refractivity contribution >= 4 is 16.5 Å². The van der Waals surface area contributed by atoms with E-state index in [2.05, 4.69) is 35.8 Å². The van der Waals surface area contributed by atoms with Gasteiger partial charge in [-0.3, -0.25) is 4.79 Å². The highest BCUT2D eigenvalue weighted by atomic mass is 16.5. The monoisotopic (exact) mass is 510 g/mol. The standard InChI is InChI=1S/C32H38N4O2/c1-3-35(4-2)26-15-17-27(18-16-26)36-32(37)30-12-6-5-11-29(30)31(33-36)25-13-19-28(20-14-25)38-24-10-9-23-34-21-7-8-22-34/h5-6,11-20H,3-4,7-10,21-24H2,1-2H3. The van der Waals surface area contributed by atoms with Crippen molar-refractivity contribution in [1.82, 2.24) is 14.7 Å². The molecule has 38 heavy (non-hydrogen) atoms. The van der Waals surface area contributed by atoms with Gasteiger partial charge in [-0.05, 0) is 114 Å². The Morgan fingerprint density at radius 2 is 1.53 bits per heavy atom. The molecule has 2 heterocycles. The Labute approximate surface area is 225 Å². The number of unbranched alkanes of at least 4 members (excludes halogenated alkanes) is 1. The van der Waals surface area contributed by atoms with Gasteiger partial charge in [0.1, 0.15) is 5.75 Å². The minimum absolute atomic E-state index is 0.117. The van der Waals surface area contributed by atoms with Crippen LogP contribution in [-0.4, -0.2) is 54.0 Å². The Hall–Kier alpha value is -3.64. The van der Waals surface area contributed by atoms with Gasteiger partial charge in [0.2, 0.25) is 0 Å². The zero-order chi connectivity index (χ0) is 26.3. The molecule has 0 spiro atoms. The van der Waals surface area contributed by atoms with Crippen molar-refractivity contribution in [2.45, 2.75) is 39.5 Å². The number of hydrogen-bond acceptors (Lipinski definition) is 5. The van der Waals surface area contributed by atoms with E-state index in [-0.39, 0.29) is 5.56 Å². The van der Waals surface area contributed by atoms with Gasteiger partial charge < -0.3 is 14.5 Å². The maximum atomic E-state index is 13.4. The number of nitrogens with zero attached hydrogens (tertiary/aromatic N) is 4. The summed E-state index contributed by atoms with van der Waals surface area (Å²) < 4.78 is 7.53. The van der Waals surface area contributed by atoms with E-state index >= 15 is 0 Å². The molecule has 1 aromatic heterocycles. The summed E-state index contributed by atoms with van der Waals surface area (Å²) in [6.07, 6.45) is 4.91. The third kappa shape index (κ3) is 5.76. The third-order valence-electron chi connectivity index (χ3n) is 7.49. The van der Waals surface area contributed by atoms with Crippen LogP contribution >= 0.6 is 0 Å². The largest absolute Gasteiger partial charge is 0.494 e. The van der Waals surface area contributed by atoms with E-state index in [1.54, 1.807) is 0 Å². The fourth-order valence-corrected chi connectivity index (χ4v) is 5.31. The van der Waals surface area contributed by atoms with Gasteiger partial charge in [-0.25, -0.2) is 0 Å². The first-order valence-electron chi connectivity index (χ1n) is 14.0. The van der Waals surface area contributed by atoms with Crippen LogP contribution in [0, 0.1) is 0 Å². The Bertz CT molecular complexity index is 1390. The molecule has 1 aliphatic rings. The zero-order valence-electron chi connectivity index (χ0n) is 22.6. The minimum atomic E-state index is -0.117. The van der Waals surface area contributed by atoms with Crippen LogP contribution in [0.4, 0.5) is 5.69 Å². The van der Waals surface area contributed by atoms with Crippen molar-refractivity contribution in [1.29, 1.82) is 0 Å². The third-order valence-corrected chi connectivity index (χ3v) is 7.49. The Balaban J connectivity index is 1.36. The number of ether oxygens (including phenoxy) is 1. The highest BCUT2D eigenvalue weighted by Crippen LogP contribution is 2.27. The van der Waals surface area contributed by atoms with E-state index < -0.39 is 0 Å². The summed E-state index contributed by atoms with van der Waals surface area (Å²) in [6.45, 7) is 10.6. The van der Waals surface area contributed by atoms with Gasteiger partial charge >= 0.3 is 0 Å². The highest BCUT2D eigenvalue weighted by Gasteiger charge is 2.14. The second-order valence-electron chi connectivity index (χ2n) is 9.93. The maximum absolute atomic E-state index is 13.4. The molecule has 0 bridgehead atoms. The van der Waals surface area contributed by atoms with E-state index in [9.17, 15) is 4.79 Å². The van der Waals surface area contributed by atoms with Crippen molar-refractivity contribution < 1.29 is 4.74 Å². The smallest absolute Gasteiger partial charge is 0.279 e. The molecule has 6 heteroatoms. The van der Waals surface area contributed by atoms with E-state index in [1.165, 1.54) is 43.6 Å². The second kappa shape index (κ2) is 12.3. The van der Waals surface area contributed by atoms with Crippen molar-refractivity contribution in [2.75, 3.05) is 44.2 Å². The molecular formula is C32H38N4O2. The molecular weight excluding hydrogens is 472 g/mol. The van der Waals surface area contributed by atoms with Crippen LogP contribution in [0.25, 0.3) is 27.7 Å². The SMILES string of the molecule is CCN(CC)c1ccc(-n2nc(-c3ccc(OCCCCN4CCCC4)cc3)c3ccccc3c2=O)cc1. The Morgan fingerprint density at radius 3 is 2.21 bits per heavy atom. The van der Waals surface area contributed by atoms with Crippen molar-refractivity contribution in [3.05, 3.63) is 83.2 Å². The fraction of sp³-hybridized carbons (Fsp3) is 0.375. The second-order valence-corrected chi connectivity index (χ2v) is 9.93. The summed E-state index contributed by atoms with van der Waals surface area (Å²) in [6, 6.07) is 23.8. The van der Waals surface area contributed by atoms with Crippen molar-refractivity contribution in [3.8, 4) is 22.7 Å². The summed E-state index contributed by atoms with van der Waals surface area (Å²) >= 11 is 0. The molecule has 0 unspecified atom stereocenters. The molecule has 1 saturated heterocycles. The van der Waals surface area contributed by atoms with Crippen LogP contribution in [0.1, 0.15) is 39.5 Å². The minimum Gasteiger partial charge on any atom is -0.494 e. The van der Waals surface area contributed by atoms with Gasteiger partial charge in [-0.2, -0.15) is 9.78 Å². The molecule has 3 aromatic carbocycles. The van der Waals surface area contributed by atoms with Crippen molar-refractivity contribution in [3.63, 3.8) is 0 Å². The summed E-state index contributed by atoms with van der Waals surface area (Å²) in [5, 5.41) is 6.36. The summed E-state index contributed by atoms with van der Waals surface area (Å²) in [4.78, 5) is 18.2. The molecule has 0 radical (unpaired) electrons. The molecule has 0 aliphatic carbocycles. The molecule has 0 amide bonds. The molecule has 0 N–H and O–H groups in total. The predicted molar refractivity (Wildman–Crippen MR) is 157 cm³/mol. The zero-order valence-corrected chi connectivity index (χ0v) is 22.6. The first-order chi connectivity index (χ1) is 18.7. The molecule has 4 aromatic rings. The van der Waals surface area contributed by atoms with Crippen molar-refractivity contribution in [2.24, 2.45) is 0 Å². The average molecular weight is 511 g/mol. The van der Waals surface area contributed by atoms with Gasteiger partial charge in [0, 0.05) is 29.7 Å². The van der Waals surface area contributed by atoms with Crippen LogP contribution in [0.5, 0.6) is 5.75 Å². The normalized spacial score (nSPS) is 13.7. The Morgan fingerprint density at radius 1 is 0.842 bits per heavy atom. The van der Waals surface area contributed by atoms with E-state index in [0.717, 1.165) is 59.9 Å². The molecule has 1 fully saturated rings. The molecule has 5 rings (SSSR count). The van der Waals surface area contributed by atoms with Crippen LogP contribution in [0.2, 0.25) is 0 Å². The van der Waals surface area contributed by atoms with Gasteiger partial charge in [0.15, 0.2) is 0 Å². The first kappa shape index (κ1) is 26.0. The molecule has 1 aliphatic heterocycles. The fourth-order valence-electron chi connectivity index (χ4n) is 5.31. The molecule has 198 valence electrons. The maximum Gasteiger partial charge on any atom is 0.279 e. The van der Waals surface area contributed by atoms with Gasteiger partial charge in [-0.1, -0.05) is 18.2 Å². The first-order valence-corrected chi connectivity index (χ1v) is 14.0. The lowest BCUT2D eigenvalue weighted by Gasteiger charge is -2.21.